The molecule has 2 aromatic rings. The predicted molar refractivity (Wildman–Crippen MR) is 63.4 cm³/mol. The zero-order chi connectivity index (χ0) is 11.5. The van der Waals surface area contributed by atoms with Crippen molar-refractivity contribution in [2.24, 2.45) is 5.73 Å². The highest BCUT2D eigenvalue weighted by Crippen LogP contribution is 2.25. The van der Waals surface area contributed by atoms with Crippen molar-refractivity contribution in [1.29, 1.82) is 0 Å². The lowest BCUT2D eigenvalue weighted by molar-refractivity contribution is 0.561. The number of nitrogens with two attached hydrogens (primary N) is 1. The van der Waals surface area contributed by atoms with Crippen LogP contribution in [0.1, 0.15) is 17.2 Å². The van der Waals surface area contributed by atoms with E-state index in [9.17, 15) is 4.39 Å². The highest BCUT2D eigenvalue weighted by molar-refractivity contribution is 9.10. The third-order valence-corrected chi connectivity index (χ3v) is 3.08. The number of halogens is 2. The van der Waals surface area contributed by atoms with Crippen LogP contribution in [0.4, 0.5) is 4.39 Å². The van der Waals surface area contributed by atoms with Gasteiger partial charge >= 0.3 is 0 Å². The fraction of sp³-hybridized carbons (Fsp3) is 0.167. The minimum Gasteiger partial charge on any atom is -0.472 e. The smallest absolute Gasteiger partial charge is 0.124 e. The maximum Gasteiger partial charge on any atom is 0.124 e. The molecule has 1 aromatic heterocycles. The van der Waals surface area contributed by atoms with Crippen LogP contribution in [-0.2, 0) is 6.42 Å². The lowest BCUT2D eigenvalue weighted by atomic mass is 10.0. The summed E-state index contributed by atoms with van der Waals surface area (Å²) in [5, 5.41) is 0. The molecule has 84 valence electrons. The van der Waals surface area contributed by atoms with Gasteiger partial charge in [-0.05, 0) is 35.7 Å². The van der Waals surface area contributed by atoms with E-state index < -0.39 is 0 Å². The molecule has 1 heterocycles. The van der Waals surface area contributed by atoms with Crippen molar-refractivity contribution in [1.82, 2.24) is 0 Å². The number of hydrogen-bond donors (Lipinski definition) is 1. The second kappa shape index (κ2) is 4.80. The van der Waals surface area contributed by atoms with Gasteiger partial charge in [0.15, 0.2) is 0 Å². The van der Waals surface area contributed by atoms with Gasteiger partial charge in [-0.2, -0.15) is 0 Å². The quantitative estimate of drug-likeness (QED) is 0.938. The highest BCUT2D eigenvalue weighted by atomic mass is 79.9. The molecule has 0 saturated carbocycles. The summed E-state index contributed by atoms with van der Waals surface area (Å²) >= 11 is 3.31. The maximum absolute atomic E-state index is 12.9. The lowest BCUT2D eigenvalue weighted by Gasteiger charge is -2.12. The SMILES string of the molecule is NC(Cc1ccoc1)c1ccc(F)cc1Br. The monoisotopic (exact) mass is 283 g/mol. The van der Waals surface area contributed by atoms with Gasteiger partial charge in [-0.1, -0.05) is 22.0 Å². The Labute approximate surface area is 101 Å². The van der Waals surface area contributed by atoms with Gasteiger partial charge in [0.05, 0.1) is 12.5 Å². The van der Waals surface area contributed by atoms with Crippen LogP contribution in [0.25, 0.3) is 0 Å². The summed E-state index contributed by atoms with van der Waals surface area (Å²) in [6, 6.07) is 6.23. The summed E-state index contributed by atoms with van der Waals surface area (Å²) in [6.07, 6.45) is 3.94. The van der Waals surface area contributed by atoms with E-state index in [0.29, 0.717) is 10.9 Å². The number of hydrogen-bond acceptors (Lipinski definition) is 2. The standard InChI is InChI=1S/C12H11BrFNO/c13-11-6-9(14)1-2-10(11)12(15)5-8-3-4-16-7-8/h1-4,6-7,12H,5,15H2. The molecule has 1 unspecified atom stereocenters. The van der Waals surface area contributed by atoms with Gasteiger partial charge in [-0.3, -0.25) is 0 Å². The average Bonchev–Trinajstić information content (AvgIpc) is 2.70. The van der Waals surface area contributed by atoms with E-state index >= 15 is 0 Å². The molecule has 1 aromatic carbocycles. The summed E-state index contributed by atoms with van der Waals surface area (Å²) in [5.74, 6) is -0.272. The summed E-state index contributed by atoms with van der Waals surface area (Å²) in [6.45, 7) is 0. The van der Waals surface area contributed by atoms with Crippen molar-refractivity contribution < 1.29 is 8.81 Å². The van der Waals surface area contributed by atoms with Crippen LogP contribution in [0.3, 0.4) is 0 Å². The van der Waals surface area contributed by atoms with Gasteiger partial charge in [0.2, 0.25) is 0 Å². The minimum atomic E-state index is -0.272. The van der Waals surface area contributed by atoms with Crippen molar-refractivity contribution >= 4 is 15.9 Å². The van der Waals surface area contributed by atoms with Crippen LogP contribution in [0.5, 0.6) is 0 Å². The third-order valence-electron chi connectivity index (χ3n) is 2.40. The van der Waals surface area contributed by atoms with Gasteiger partial charge in [0, 0.05) is 10.5 Å². The van der Waals surface area contributed by atoms with E-state index in [1.165, 1.54) is 12.1 Å². The van der Waals surface area contributed by atoms with Gasteiger partial charge in [-0.15, -0.1) is 0 Å². The largest absolute Gasteiger partial charge is 0.472 e. The van der Waals surface area contributed by atoms with Crippen molar-refractivity contribution in [3.8, 4) is 0 Å². The Hall–Kier alpha value is -1.13. The molecule has 16 heavy (non-hydrogen) atoms. The van der Waals surface area contributed by atoms with Gasteiger partial charge in [0.25, 0.3) is 0 Å². The first-order chi connectivity index (χ1) is 7.66. The fourth-order valence-corrected chi connectivity index (χ4v) is 2.22. The predicted octanol–water partition coefficient (Wildman–Crippen LogP) is 3.42. The summed E-state index contributed by atoms with van der Waals surface area (Å²) in [7, 11) is 0. The first-order valence-electron chi connectivity index (χ1n) is 4.88. The minimum absolute atomic E-state index is 0.174. The zero-order valence-electron chi connectivity index (χ0n) is 8.49. The van der Waals surface area contributed by atoms with Crippen LogP contribution in [0, 0.1) is 5.82 Å². The first kappa shape index (κ1) is 11.4. The molecule has 1 atom stereocenters. The van der Waals surface area contributed by atoms with Gasteiger partial charge in [0.1, 0.15) is 5.82 Å². The molecule has 4 heteroatoms. The van der Waals surface area contributed by atoms with E-state index in [4.69, 9.17) is 10.2 Å². The zero-order valence-corrected chi connectivity index (χ0v) is 10.1. The maximum atomic E-state index is 12.9. The van der Waals surface area contributed by atoms with E-state index in [1.54, 1.807) is 18.6 Å². The number of furan rings is 1. The second-order valence-electron chi connectivity index (χ2n) is 3.61. The Morgan fingerprint density at radius 3 is 2.81 bits per heavy atom. The Kier molecular flexibility index (Phi) is 3.41. The molecule has 0 aliphatic carbocycles. The van der Waals surface area contributed by atoms with Crippen LogP contribution in [0.15, 0.2) is 45.7 Å². The van der Waals surface area contributed by atoms with Gasteiger partial charge < -0.3 is 10.2 Å². The van der Waals surface area contributed by atoms with Crippen LogP contribution in [-0.4, -0.2) is 0 Å². The molecule has 2 nitrogen and oxygen atoms in total. The lowest BCUT2D eigenvalue weighted by Crippen LogP contribution is -2.13. The van der Waals surface area contributed by atoms with Crippen molar-refractivity contribution in [3.05, 3.63) is 58.2 Å². The molecule has 2 N–H and O–H groups in total. The van der Waals surface area contributed by atoms with Crippen molar-refractivity contribution in [3.63, 3.8) is 0 Å². The first-order valence-corrected chi connectivity index (χ1v) is 5.67. The summed E-state index contributed by atoms with van der Waals surface area (Å²) in [5.41, 5.74) is 7.97. The molecule has 0 aliphatic rings. The number of rotatable bonds is 3. The van der Waals surface area contributed by atoms with Crippen molar-refractivity contribution in [2.45, 2.75) is 12.5 Å². The molecule has 2 rings (SSSR count). The van der Waals surface area contributed by atoms with Crippen molar-refractivity contribution in [2.75, 3.05) is 0 Å². The second-order valence-corrected chi connectivity index (χ2v) is 4.46. The van der Waals surface area contributed by atoms with Crippen LogP contribution in [0.2, 0.25) is 0 Å². The van der Waals surface area contributed by atoms with E-state index in [2.05, 4.69) is 15.9 Å². The highest BCUT2D eigenvalue weighted by Gasteiger charge is 2.11. The van der Waals surface area contributed by atoms with Crippen LogP contribution >= 0.6 is 15.9 Å². The summed E-state index contributed by atoms with van der Waals surface area (Å²) < 4.78 is 18.6. The Morgan fingerprint density at radius 2 is 2.19 bits per heavy atom. The third kappa shape index (κ3) is 2.51. The molecule has 0 fully saturated rings. The molecular formula is C12H11BrFNO. The Balaban J connectivity index is 2.17. The topological polar surface area (TPSA) is 39.2 Å². The number of benzene rings is 1. The van der Waals surface area contributed by atoms with Gasteiger partial charge in [-0.25, -0.2) is 4.39 Å². The molecular weight excluding hydrogens is 273 g/mol. The molecule has 0 radical (unpaired) electrons. The molecule has 0 amide bonds. The molecule has 0 bridgehead atoms. The molecule has 0 saturated heterocycles. The fourth-order valence-electron chi connectivity index (χ4n) is 1.57. The molecule has 0 spiro atoms. The molecule has 0 aliphatic heterocycles. The van der Waals surface area contributed by atoms with E-state index in [1.807, 2.05) is 6.07 Å². The van der Waals surface area contributed by atoms with E-state index in [-0.39, 0.29) is 11.9 Å². The average molecular weight is 284 g/mol. The normalized spacial score (nSPS) is 12.7. The van der Waals surface area contributed by atoms with Crippen LogP contribution < -0.4 is 5.73 Å². The Morgan fingerprint density at radius 1 is 1.38 bits per heavy atom. The Bertz CT molecular complexity index is 470. The van der Waals surface area contributed by atoms with E-state index in [0.717, 1.165) is 11.1 Å². The summed E-state index contributed by atoms with van der Waals surface area (Å²) in [4.78, 5) is 0.